The van der Waals surface area contributed by atoms with Crippen LogP contribution in [0.5, 0.6) is 11.5 Å². The highest BCUT2D eigenvalue weighted by Gasteiger charge is 2.13. The van der Waals surface area contributed by atoms with Crippen LogP contribution in [0.2, 0.25) is 0 Å². The first kappa shape index (κ1) is 16.8. The second-order valence-electron chi connectivity index (χ2n) is 5.32. The molecule has 0 saturated carbocycles. The molecule has 0 atom stereocenters. The summed E-state index contributed by atoms with van der Waals surface area (Å²) in [5, 5.41) is 2.91. The minimum atomic E-state index is -0.151. The van der Waals surface area contributed by atoms with Crippen LogP contribution in [-0.4, -0.2) is 31.7 Å². The smallest absolute Gasteiger partial charge is 0.251 e. The van der Waals surface area contributed by atoms with Gasteiger partial charge >= 0.3 is 0 Å². The Kier molecular flexibility index (Phi) is 5.57. The third-order valence-corrected chi connectivity index (χ3v) is 3.69. The number of aryl methyl sites for hydroxylation is 1. The maximum absolute atomic E-state index is 12.3. The Balaban J connectivity index is 2.01. The number of carbonyl (C=O) groups is 1. The Morgan fingerprint density at radius 3 is 2.30 bits per heavy atom. The van der Waals surface area contributed by atoms with Gasteiger partial charge in [-0.25, -0.2) is 0 Å². The number of nitrogens with zero attached hydrogens (tertiary/aromatic N) is 1. The quantitative estimate of drug-likeness (QED) is 0.890. The summed E-state index contributed by atoms with van der Waals surface area (Å²) in [5.41, 5.74) is 3.47. The summed E-state index contributed by atoms with van der Waals surface area (Å²) >= 11 is 0. The van der Waals surface area contributed by atoms with Crippen LogP contribution in [-0.2, 0) is 6.42 Å². The molecule has 1 N–H and O–H groups in total. The zero-order valence-corrected chi connectivity index (χ0v) is 14.0. The number of hydrogen-bond acceptors (Lipinski definition) is 4. The Hall–Kier alpha value is -2.56. The van der Waals surface area contributed by atoms with E-state index in [9.17, 15) is 4.79 Å². The van der Waals surface area contributed by atoms with Crippen molar-refractivity contribution >= 4 is 5.91 Å². The Morgan fingerprint density at radius 2 is 1.78 bits per heavy atom. The van der Waals surface area contributed by atoms with Gasteiger partial charge in [0.1, 0.15) is 11.5 Å². The normalized spacial score (nSPS) is 10.3. The van der Waals surface area contributed by atoms with Crippen molar-refractivity contribution < 1.29 is 14.3 Å². The SMILES string of the molecule is COc1cc(C(=O)NCCc2ccc(C)nc2)cc(OC)c1C. The van der Waals surface area contributed by atoms with E-state index in [0.717, 1.165) is 23.2 Å². The third kappa shape index (κ3) is 4.22. The molecule has 23 heavy (non-hydrogen) atoms. The van der Waals surface area contributed by atoms with Crippen LogP contribution in [0.15, 0.2) is 30.5 Å². The number of pyridine rings is 1. The molecule has 0 aliphatic carbocycles. The van der Waals surface area contributed by atoms with Gasteiger partial charge in [0.05, 0.1) is 14.2 Å². The minimum Gasteiger partial charge on any atom is -0.496 e. The highest BCUT2D eigenvalue weighted by molar-refractivity contribution is 5.95. The van der Waals surface area contributed by atoms with Crippen LogP contribution in [0.3, 0.4) is 0 Å². The number of aromatic nitrogens is 1. The lowest BCUT2D eigenvalue weighted by atomic mass is 10.1. The van der Waals surface area contributed by atoms with Gasteiger partial charge in [0.2, 0.25) is 0 Å². The molecule has 0 saturated heterocycles. The standard InChI is InChI=1S/C18H22N2O3/c1-12-5-6-14(11-20-12)7-8-19-18(21)15-9-16(22-3)13(2)17(10-15)23-4/h5-6,9-11H,7-8H2,1-4H3,(H,19,21). The molecule has 1 amide bonds. The molecule has 2 rings (SSSR count). The highest BCUT2D eigenvalue weighted by Crippen LogP contribution is 2.29. The predicted molar refractivity (Wildman–Crippen MR) is 89.3 cm³/mol. The van der Waals surface area contributed by atoms with Gasteiger partial charge in [0, 0.05) is 29.6 Å². The lowest BCUT2D eigenvalue weighted by molar-refractivity contribution is 0.0953. The minimum absolute atomic E-state index is 0.151. The number of nitrogens with one attached hydrogen (secondary N) is 1. The van der Waals surface area contributed by atoms with Gasteiger partial charge in [0.15, 0.2) is 0 Å². The fraction of sp³-hybridized carbons (Fsp3) is 0.333. The maximum Gasteiger partial charge on any atom is 0.251 e. The van der Waals surface area contributed by atoms with Crippen LogP contribution < -0.4 is 14.8 Å². The lowest BCUT2D eigenvalue weighted by Gasteiger charge is -2.12. The van der Waals surface area contributed by atoms with Crippen LogP contribution in [0.4, 0.5) is 0 Å². The summed E-state index contributed by atoms with van der Waals surface area (Å²) < 4.78 is 10.6. The van der Waals surface area contributed by atoms with Crippen molar-refractivity contribution in [1.29, 1.82) is 0 Å². The van der Waals surface area contributed by atoms with E-state index in [0.29, 0.717) is 23.6 Å². The number of amides is 1. The Labute approximate surface area is 136 Å². The molecule has 122 valence electrons. The molecule has 1 aromatic carbocycles. The van der Waals surface area contributed by atoms with Crippen molar-refractivity contribution in [1.82, 2.24) is 10.3 Å². The summed E-state index contributed by atoms with van der Waals surface area (Å²) in [6.07, 6.45) is 2.57. The summed E-state index contributed by atoms with van der Waals surface area (Å²) in [7, 11) is 3.15. The first-order chi connectivity index (χ1) is 11.0. The molecule has 1 heterocycles. The molecule has 2 aromatic rings. The fourth-order valence-corrected chi connectivity index (χ4v) is 2.29. The van der Waals surface area contributed by atoms with E-state index in [1.165, 1.54) is 0 Å². The molecule has 0 unspecified atom stereocenters. The van der Waals surface area contributed by atoms with Gasteiger partial charge < -0.3 is 14.8 Å². The molecular weight excluding hydrogens is 292 g/mol. The number of benzene rings is 1. The monoisotopic (exact) mass is 314 g/mol. The summed E-state index contributed by atoms with van der Waals surface area (Å²) in [5.74, 6) is 1.12. The molecule has 1 aromatic heterocycles. The number of methoxy groups -OCH3 is 2. The van der Waals surface area contributed by atoms with Gasteiger partial charge in [-0.15, -0.1) is 0 Å². The van der Waals surface area contributed by atoms with Crippen LogP contribution in [0, 0.1) is 13.8 Å². The zero-order valence-electron chi connectivity index (χ0n) is 14.0. The molecule has 0 aliphatic rings. The van der Waals surface area contributed by atoms with E-state index in [2.05, 4.69) is 10.3 Å². The van der Waals surface area contributed by atoms with E-state index in [1.54, 1.807) is 26.4 Å². The lowest BCUT2D eigenvalue weighted by Crippen LogP contribution is -2.25. The van der Waals surface area contributed by atoms with Crippen molar-refractivity contribution in [3.63, 3.8) is 0 Å². The number of hydrogen-bond donors (Lipinski definition) is 1. The van der Waals surface area contributed by atoms with Crippen LogP contribution >= 0.6 is 0 Å². The molecule has 0 aliphatic heterocycles. The number of ether oxygens (including phenoxy) is 2. The van der Waals surface area contributed by atoms with Gasteiger partial charge in [-0.05, 0) is 44.0 Å². The van der Waals surface area contributed by atoms with Gasteiger partial charge in [-0.2, -0.15) is 0 Å². The first-order valence-corrected chi connectivity index (χ1v) is 7.47. The molecule has 0 radical (unpaired) electrons. The van der Waals surface area contributed by atoms with Gasteiger partial charge in [0.25, 0.3) is 5.91 Å². The van der Waals surface area contributed by atoms with Crippen molar-refractivity contribution in [2.45, 2.75) is 20.3 Å². The molecule has 5 heteroatoms. The Bertz CT molecular complexity index is 656. The highest BCUT2D eigenvalue weighted by atomic mass is 16.5. The van der Waals surface area contributed by atoms with Gasteiger partial charge in [-0.1, -0.05) is 6.07 Å². The average Bonchev–Trinajstić information content (AvgIpc) is 2.56. The summed E-state index contributed by atoms with van der Waals surface area (Å²) in [6, 6.07) is 7.43. The number of rotatable bonds is 6. The zero-order chi connectivity index (χ0) is 16.8. The van der Waals surface area contributed by atoms with E-state index >= 15 is 0 Å². The molecular formula is C18H22N2O3. The summed E-state index contributed by atoms with van der Waals surface area (Å²) in [6.45, 7) is 4.38. The molecule has 0 bridgehead atoms. The average molecular weight is 314 g/mol. The van der Waals surface area contributed by atoms with Crippen molar-refractivity contribution in [3.8, 4) is 11.5 Å². The van der Waals surface area contributed by atoms with E-state index in [1.807, 2.05) is 32.2 Å². The summed E-state index contributed by atoms with van der Waals surface area (Å²) in [4.78, 5) is 16.5. The second-order valence-corrected chi connectivity index (χ2v) is 5.32. The third-order valence-electron chi connectivity index (χ3n) is 3.69. The van der Waals surface area contributed by atoms with E-state index < -0.39 is 0 Å². The first-order valence-electron chi connectivity index (χ1n) is 7.47. The van der Waals surface area contributed by atoms with E-state index in [-0.39, 0.29) is 5.91 Å². The van der Waals surface area contributed by atoms with Crippen molar-refractivity contribution in [2.24, 2.45) is 0 Å². The maximum atomic E-state index is 12.3. The largest absolute Gasteiger partial charge is 0.496 e. The van der Waals surface area contributed by atoms with Crippen LogP contribution in [0.25, 0.3) is 0 Å². The predicted octanol–water partition coefficient (Wildman–Crippen LogP) is 2.69. The topological polar surface area (TPSA) is 60.5 Å². The molecule has 0 spiro atoms. The van der Waals surface area contributed by atoms with Crippen molar-refractivity contribution in [3.05, 3.63) is 52.8 Å². The van der Waals surface area contributed by atoms with Crippen molar-refractivity contribution in [2.75, 3.05) is 20.8 Å². The van der Waals surface area contributed by atoms with E-state index in [4.69, 9.17) is 9.47 Å². The fourth-order valence-electron chi connectivity index (χ4n) is 2.29. The molecule has 5 nitrogen and oxygen atoms in total. The van der Waals surface area contributed by atoms with Crippen LogP contribution in [0.1, 0.15) is 27.2 Å². The second kappa shape index (κ2) is 7.63. The Morgan fingerprint density at radius 1 is 1.13 bits per heavy atom. The number of carbonyl (C=O) groups excluding carboxylic acids is 1. The molecule has 0 fully saturated rings. The van der Waals surface area contributed by atoms with Gasteiger partial charge in [-0.3, -0.25) is 9.78 Å².